The molecule has 0 radical (unpaired) electrons. The molecule has 0 spiro atoms. The molecule has 1 atom stereocenters. The SMILES string of the molecule is CCOc1cccc([C@@H]2C(C(=O)c3ccco3)=C(O)C(=O)N2CCC[NH+](C)C)c1. The Morgan fingerprint density at radius 3 is 2.72 bits per heavy atom. The number of nitrogens with one attached hydrogen (secondary N) is 1. The highest BCUT2D eigenvalue weighted by Gasteiger charge is 2.44. The monoisotopic (exact) mass is 399 g/mol. The Morgan fingerprint density at radius 1 is 1.28 bits per heavy atom. The summed E-state index contributed by atoms with van der Waals surface area (Å²) < 4.78 is 10.8. The molecule has 1 aliphatic rings. The van der Waals surface area contributed by atoms with Gasteiger partial charge in [0.1, 0.15) is 5.75 Å². The molecule has 1 aromatic carbocycles. The molecule has 2 aromatic rings. The third kappa shape index (κ3) is 4.35. The number of carbonyl (C=O) groups is 2. The summed E-state index contributed by atoms with van der Waals surface area (Å²) in [6.07, 6.45) is 2.13. The molecule has 0 saturated carbocycles. The molecule has 0 fully saturated rings. The highest BCUT2D eigenvalue weighted by Crippen LogP contribution is 2.39. The van der Waals surface area contributed by atoms with Crippen LogP contribution in [-0.2, 0) is 4.79 Å². The lowest BCUT2D eigenvalue weighted by atomic mass is 9.95. The second kappa shape index (κ2) is 8.96. The van der Waals surface area contributed by atoms with Crippen LogP contribution in [0.3, 0.4) is 0 Å². The van der Waals surface area contributed by atoms with Crippen LogP contribution < -0.4 is 9.64 Å². The van der Waals surface area contributed by atoms with Crippen LogP contribution >= 0.6 is 0 Å². The van der Waals surface area contributed by atoms with E-state index in [9.17, 15) is 14.7 Å². The van der Waals surface area contributed by atoms with Gasteiger partial charge in [-0.15, -0.1) is 0 Å². The van der Waals surface area contributed by atoms with E-state index in [4.69, 9.17) is 9.15 Å². The molecule has 0 saturated heterocycles. The van der Waals surface area contributed by atoms with E-state index in [-0.39, 0.29) is 11.3 Å². The first-order valence-corrected chi connectivity index (χ1v) is 9.78. The Morgan fingerprint density at radius 2 is 2.07 bits per heavy atom. The fraction of sp³-hybridized carbons (Fsp3) is 0.364. The lowest BCUT2D eigenvalue weighted by Gasteiger charge is -2.27. The van der Waals surface area contributed by atoms with Gasteiger partial charge < -0.3 is 24.1 Å². The number of aliphatic hydroxyl groups excluding tert-OH is 1. The van der Waals surface area contributed by atoms with E-state index in [1.54, 1.807) is 17.0 Å². The minimum atomic E-state index is -0.697. The molecule has 1 aliphatic heterocycles. The zero-order valence-electron chi connectivity index (χ0n) is 17.0. The maximum atomic E-state index is 13.1. The first-order chi connectivity index (χ1) is 13.9. The van der Waals surface area contributed by atoms with Crippen molar-refractivity contribution in [1.29, 1.82) is 0 Å². The number of hydrogen-bond donors (Lipinski definition) is 2. The highest BCUT2D eigenvalue weighted by atomic mass is 16.5. The summed E-state index contributed by atoms with van der Waals surface area (Å²) in [7, 11) is 4.08. The van der Waals surface area contributed by atoms with E-state index in [1.165, 1.54) is 17.2 Å². The van der Waals surface area contributed by atoms with Gasteiger partial charge >= 0.3 is 0 Å². The maximum absolute atomic E-state index is 13.1. The molecule has 0 aliphatic carbocycles. The number of ether oxygens (including phenoxy) is 1. The lowest BCUT2D eigenvalue weighted by molar-refractivity contribution is -0.858. The van der Waals surface area contributed by atoms with Crippen molar-refractivity contribution >= 4 is 11.7 Å². The van der Waals surface area contributed by atoms with Gasteiger partial charge in [-0.2, -0.15) is 0 Å². The predicted octanol–water partition coefficient (Wildman–Crippen LogP) is 1.79. The van der Waals surface area contributed by atoms with Gasteiger partial charge in [0.2, 0.25) is 5.78 Å². The number of hydrogen-bond acceptors (Lipinski definition) is 5. The normalized spacial score (nSPS) is 16.8. The number of aliphatic hydroxyl groups is 1. The molecule has 1 amide bonds. The van der Waals surface area contributed by atoms with Crippen molar-refractivity contribution in [2.24, 2.45) is 0 Å². The predicted molar refractivity (Wildman–Crippen MR) is 107 cm³/mol. The first kappa shape index (κ1) is 20.7. The van der Waals surface area contributed by atoms with E-state index < -0.39 is 23.5 Å². The van der Waals surface area contributed by atoms with Gasteiger partial charge in [0.25, 0.3) is 5.91 Å². The Kier molecular flexibility index (Phi) is 6.39. The van der Waals surface area contributed by atoms with Crippen molar-refractivity contribution in [3.63, 3.8) is 0 Å². The van der Waals surface area contributed by atoms with Crippen molar-refractivity contribution < 1.29 is 28.7 Å². The summed E-state index contributed by atoms with van der Waals surface area (Å²) in [4.78, 5) is 28.7. The minimum absolute atomic E-state index is 0.0378. The molecule has 3 rings (SSSR count). The van der Waals surface area contributed by atoms with Crippen LogP contribution in [0.1, 0.15) is 35.5 Å². The van der Waals surface area contributed by atoms with E-state index in [2.05, 4.69) is 0 Å². The highest BCUT2D eigenvalue weighted by molar-refractivity contribution is 6.15. The van der Waals surface area contributed by atoms with Crippen molar-refractivity contribution in [3.05, 3.63) is 65.3 Å². The average Bonchev–Trinajstić information content (AvgIpc) is 3.31. The second-order valence-corrected chi connectivity index (χ2v) is 7.29. The van der Waals surface area contributed by atoms with E-state index in [0.717, 1.165) is 13.0 Å². The number of benzene rings is 1. The fourth-order valence-electron chi connectivity index (χ4n) is 3.55. The number of carbonyl (C=O) groups excluding carboxylic acids is 2. The van der Waals surface area contributed by atoms with Gasteiger partial charge in [-0.3, -0.25) is 9.59 Å². The molecule has 0 unspecified atom stereocenters. The van der Waals surface area contributed by atoms with Crippen LogP contribution in [0, 0.1) is 0 Å². The largest absolute Gasteiger partial charge is 0.503 e. The summed E-state index contributed by atoms with van der Waals surface area (Å²) in [5.41, 5.74) is 0.747. The Balaban J connectivity index is 2.01. The number of Topliss-reactive ketones (excluding diaryl/α,β-unsaturated/α-hetero) is 1. The van der Waals surface area contributed by atoms with Crippen LogP contribution in [0.5, 0.6) is 5.75 Å². The van der Waals surface area contributed by atoms with Crippen molar-refractivity contribution in [2.75, 3.05) is 33.8 Å². The quantitative estimate of drug-likeness (QED) is 0.628. The first-order valence-electron chi connectivity index (χ1n) is 9.78. The Hall–Kier alpha value is -3.06. The minimum Gasteiger partial charge on any atom is -0.503 e. The number of furan rings is 1. The summed E-state index contributed by atoms with van der Waals surface area (Å²) in [5, 5.41) is 10.6. The van der Waals surface area contributed by atoms with Crippen LogP contribution in [0.15, 0.2) is 58.4 Å². The second-order valence-electron chi connectivity index (χ2n) is 7.29. The molecule has 1 aromatic heterocycles. The van der Waals surface area contributed by atoms with Gasteiger partial charge in [0, 0.05) is 13.0 Å². The zero-order chi connectivity index (χ0) is 21.0. The smallest absolute Gasteiger partial charge is 0.290 e. The third-order valence-electron chi connectivity index (χ3n) is 4.85. The standard InChI is InChI=1S/C22H26N2O5/c1-4-28-16-9-5-8-15(14-16)19-18(20(25)17-10-6-13-29-17)21(26)22(27)24(19)12-7-11-23(2)3/h5-6,8-10,13-14,19,26H,4,7,11-12H2,1-3H3/p+1/t19-/m1/s1. The van der Waals surface area contributed by atoms with Gasteiger partial charge in [-0.1, -0.05) is 12.1 Å². The molecular formula is C22H27N2O5+. The van der Waals surface area contributed by atoms with Gasteiger partial charge in [-0.05, 0) is 36.8 Å². The van der Waals surface area contributed by atoms with Crippen LogP contribution in [0.25, 0.3) is 0 Å². The third-order valence-corrected chi connectivity index (χ3v) is 4.85. The molecule has 2 heterocycles. The summed E-state index contributed by atoms with van der Waals surface area (Å²) in [6, 6.07) is 9.71. The van der Waals surface area contributed by atoms with Crippen LogP contribution in [0.4, 0.5) is 0 Å². The van der Waals surface area contributed by atoms with Gasteiger partial charge in [0.15, 0.2) is 11.5 Å². The number of nitrogens with zero attached hydrogens (tertiary/aromatic N) is 1. The molecular weight excluding hydrogens is 372 g/mol. The maximum Gasteiger partial charge on any atom is 0.290 e. The number of rotatable bonds is 9. The van der Waals surface area contributed by atoms with Crippen molar-refractivity contribution in [2.45, 2.75) is 19.4 Å². The molecule has 0 bridgehead atoms. The number of ketones is 1. The van der Waals surface area contributed by atoms with Gasteiger partial charge in [-0.25, -0.2) is 0 Å². The molecule has 154 valence electrons. The zero-order valence-corrected chi connectivity index (χ0v) is 17.0. The number of quaternary nitrogens is 1. The lowest BCUT2D eigenvalue weighted by Crippen LogP contribution is -3.05. The topological polar surface area (TPSA) is 84.4 Å². The van der Waals surface area contributed by atoms with Crippen molar-refractivity contribution in [1.82, 2.24) is 4.90 Å². The van der Waals surface area contributed by atoms with E-state index in [1.807, 2.05) is 39.2 Å². The summed E-state index contributed by atoms with van der Waals surface area (Å²) in [5.74, 6) is -0.819. The average molecular weight is 399 g/mol. The summed E-state index contributed by atoms with van der Waals surface area (Å²) in [6.45, 7) is 3.67. The molecule has 2 N–H and O–H groups in total. The van der Waals surface area contributed by atoms with E-state index >= 15 is 0 Å². The Bertz CT molecular complexity index is 902. The number of amides is 1. The summed E-state index contributed by atoms with van der Waals surface area (Å²) >= 11 is 0. The molecule has 29 heavy (non-hydrogen) atoms. The molecule has 7 nitrogen and oxygen atoms in total. The van der Waals surface area contributed by atoms with Crippen LogP contribution in [-0.4, -0.2) is 55.5 Å². The van der Waals surface area contributed by atoms with Gasteiger partial charge in [0.05, 0.1) is 45.1 Å². The molecule has 7 heteroatoms. The van der Waals surface area contributed by atoms with Crippen LogP contribution in [0.2, 0.25) is 0 Å². The van der Waals surface area contributed by atoms with E-state index in [0.29, 0.717) is 24.5 Å². The Labute approximate surface area is 170 Å². The van der Waals surface area contributed by atoms with Crippen molar-refractivity contribution in [3.8, 4) is 5.75 Å². The fourth-order valence-corrected chi connectivity index (χ4v) is 3.55.